The van der Waals surface area contributed by atoms with Gasteiger partial charge >= 0.3 is 6.18 Å². The monoisotopic (exact) mass is 305 g/mol. The molecule has 0 saturated carbocycles. The SMILES string of the molecule is O=[N+]([O-])c1ccc(NCC2COCCN2)cc1C(F)(F)F. The number of hydrogen-bond donors (Lipinski definition) is 2. The third-order valence-corrected chi connectivity index (χ3v) is 3.05. The van der Waals surface area contributed by atoms with Crippen LogP contribution in [-0.4, -0.2) is 37.3 Å². The summed E-state index contributed by atoms with van der Waals surface area (Å²) in [4.78, 5) is 9.60. The lowest BCUT2D eigenvalue weighted by molar-refractivity contribution is -0.388. The van der Waals surface area contributed by atoms with E-state index in [2.05, 4.69) is 10.6 Å². The number of morpholine rings is 1. The van der Waals surface area contributed by atoms with Crippen LogP contribution in [0.3, 0.4) is 0 Å². The lowest BCUT2D eigenvalue weighted by Crippen LogP contribution is -2.45. The van der Waals surface area contributed by atoms with E-state index in [4.69, 9.17) is 4.74 Å². The molecule has 21 heavy (non-hydrogen) atoms. The van der Waals surface area contributed by atoms with Crippen LogP contribution in [0.2, 0.25) is 0 Å². The molecule has 1 atom stereocenters. The minimum atomic E-state index is -4.77. The van der Waals surface area contributed by atoms with Gasteiger partial charge in [-0.15, -0.1) is 0 Å². The van der Waals surface area contributed by atoms with Crippen molar-refractivity contribution in [1.29, 1.82) is 0 Å². The Kier molecular flexibility index (Phi) is 4.63. The number of hydrogen-bond acceptors (Lipinski definition) is 5. The summed E-state index contributed by atoms with van der Waals surface area (Å²) in [6.45, 7) is 2.12. The molecular weight excluding hydrogens is 291 g/mol. The molecule has 1 saturated heterocycles. The molecule has 1 aliphatic rings. The lowest BCUT2D eigenvalue weighted by Gasteiger charge is -2.24. The first-order chi connectivity index (χ1) is 9.88. The van der Waals surface area contributed by atoms with Gasteiger partial charge in [-0.1, -0.05) is 0 Å². The molecule has 2 rings (SSSR count). The summed E-state index contributed by atoms with van der Waals surface area (Å²) in [5.41, 5.74) is -2.03. The van der Waals surface area contributed by atoms with E-state index in [1.54, 1.807) is 0 Å². The van der Waals surface area contributed by atoms with Crippen LogP contribution in [0.15, 0.2) is 18.2 Å². The van der Waals surface area contributed by atoms with Crippen LogP contribution < -0.4 is 10.6 Å². The number of nitro groups is 1. The molecule has 0 bridgehead atoms. The standard InChI is InChI=1S/C12H14F3N3O3/c13-12(14,15)10-5-8(1-2-11(10)18(19)20)17-6-9-7-21-4-3-16-9/h1-2,5,9,16-17H,3-4,6-7H2. The molecule has 0 radical (unpaired) electrons. The van der Waals surface area contributed by atoms with E-state index < -0.39 is 22.4 Å². The predicted molar refractivity (Wildman–Crippen MR) is 69.2 cm³/mol. The Morgan fingerprint density at radius 3 is 2.81 bits per heavy atom. The first kappa shape index (κ1) is 15.5. The number of anilines is 1. The van der Waals surface area contributed by atoms with E-state index in [-0.39, 0.29) is 11.7 Å². The zero-order valence-electron chi connectivity index (χ0n) is 10.9. The highest BCUT2D eigenvalue weighted by molar-refractivity contribution is 5.55. The maximum atomic E-state index is 12.8. The van der Waals surface area contributed by atoms with Gasteiger partial charge in [0, 0.05) is 30.9 Å². The number of benzene rings is 1. The molecule has 2 N–H and O–H groups in total. The van der Waals surface area contributed by atoms with Crippen LogP contribution in [0.4, 0.5) is 24.5 Å². The van der Waals surface area contributed by atoms with Crippen molar-refractivity contribution in [2.45, 2.75) is 12.2 Å². The Hall–Kier alpha value is -1.87. The molecule has 9 heteroatoms. The van der Waals surface area contributed by atoms with Crippen molar-refractivity contribution in [3.8, 4) is 0 Å². The number of nitro benzene ring substituents is 1. The minimum absolute atomic E-state index is 0.0109. The number of nitrogens with zero attached hydrogens (tertiary/aromatic N) is 1. The largest absolute Gasteiger partial charge is 0.423 e. The highest BCUT2D eigenvalue weighted by atomic mass is 19.4. The van der Waals surface area contributed by atoms with Gasteiger partial charge in [-0.3, -0.25) is 10.1 Å². The Balaban J connectivity index is 2.11. The van der Waals surface area contributed by atoms with Gasteiger partial charge in [0.25, 0.3) is 5.69 Å². The van der Waals surface area contributed by atoms with Crippen molar-refractivity contribution in [3.05, 3.63) is 33.9 Å². The summed E-state index contributed by atoms with van der Waals surface area (Å²) in [6, 6.07) is 2.86. The summed E-state index contributed by atoms with van der Waals surface area (Å²) in [5, 5.41) is 16.6. The summed E-state index contributed by atoms with van der Waals surface area (Å²) in [7, 11) is 0. The Bertz CT molecular complexity index is 516. The smallest absolute Gasteiger partial charge is 0.383 e. The van der Waals surface area contributed by atoms with E-state index in [9.17, 15) is 23.3 Å². The van der Waals surface area contributed by atoms with Crippen LogP contribution >= 0.6 is 0 Å². The van der Waals surface area contributed by atoms with Crippen molar-refractivity contribution < 1.29 is 22.8 Å². The lowest BCUT2D eigenvalue weighted by atomic mass is 10.1. The van der Waals surface area contributed by atoms with Crippen LogP contribution in [0.1, 0.15) is 5.56 Å². The Morgan fingerprint density at radius 1 is 1.48 bits per heavy atom. The number of alkyl halides is 3. The molecule has 0 aliphatic carbocycles. The van der Waals surface area contributed by atoms with E-state index >= 15 is 0 Å². The van der Waals surface area contributed by atoms with Gasteiger partial charge in [0.2, 0.25) is 0 Å². The summed E-state index contributed by atoms with van der Waals surface area (Å²) >= 11 is 0. The van der Waals surface area contributed by atoms with E-state index in [1.165, 1.54) is 6.07 Å². The van der Waals surface area contributed by atoms with E-state index in [0.29, 0.717) is 26.3 Å². The van der Waals surface area contributed by atoms with Gasteiger partial charge in [0.1, 0.15) is 5.56 Å². The Labute approximate surface area is 118 Å². The highest BCUT2D eigenvalue weighted by Gasteiger charge is 2.38. The molecule has 1 aliphatic heterocycles. The second-order valence-electron chi connectivity index (χ2n) is 4.59. The van der Waals surface area contributed by atoms with Gasteiger partial charge in [-0.05, 0) is 12.1 Å². The van der Waals surface area contributed by atoms with Crippen LogP contribution in [0.5, 0.6) is 0 Å². The van der Waals surface area contributed by atoms with Crippen molar-refractivity contribution in [1.82, 2.24) is 5.32 Å². The molecule has 0 amide bonds. The molecule has 1 heterocycles. The minimum Gasteiger partial charge on any atom is -0.383 e. The molecule has 1 aromatic carbocycles. The number of rotatable bonds is 4. The van der Waals surface area contributed by atoms with E-state index in [0.717, 1.165) is 12.1 Å². The second-order valence-corrected chi connectivity index (χ2v) is 4.59. The normalized spacial score (nSPS) is 19.3. The van der Waals surface area contributed by atoms with Crippen LogP contribution in [0, 0.1) is 10.1 Å². The average Bonchev–Trinajstić information content (AvgIpc) is 2.45. The molecule has 0 aromatic heterocycles. The highest BCUT2D eigenvalue weighted by Crippen LogP contribution is 2.37. The van der Waals surface area contributed by atoms with Gasteiger partial charge in [0.05, 0.1) is 18.1 Å². The fourth-order valence-electron chi connectivity index (χ4n) is 2.02. The van der Waals surface area contributed by atoms with E-state index in [1.807, 2.05) is 0 Å². The van der Waals surface area contributed by atoms with Crippen molar-refractivity contribution in [3.63, 3.8) is 0 Å². The fraction of sp³-hybridized carbons (Fsp3) is 0.500. The van der Waals surface area contributed by atoms with Gasteiger partial charge in [0.15, 0.2) is 0 Å². The molecule has 1 fully saturated rings. The first-order valence-corrected chi connectivity index (χ1v) is 6.28. The first-order valence-electron chi connectivity index (χ1n) is 6.28. The summed E-state index contributed by atoms with van der Waals surface area (Å²) < 4.78 is 43.7. The van der Waals surface area contributed by atoms with Gasteiger partial charge in [-0.25, -0.2) is 0 Å². The van der Waals surface area contributed by atoms with Crippen molar-refractivity contribution in [2.24, 2.45) is 0 Å². The zero-order chi connectivity index (χ0) is 15.5. The quantitative estimate of drug-likeness (QED) is 0.657. The van der Waals surface area contributed by atoms with Gasteiger partial charge < -0.3 is 15.4 Å². The topological polar surface area (TPSA) is 76.4 Å². The third-order valence-electron chi connectivity index (χ3n) is 3.05. The molecular formula is C12H14F3N3O3. The average molecular weight is 305 g/mol. The van der Waals surface area contributed by atoms with Crippen LogP contribution in [0.25, 0.3) is 0 Å². The maximum absolute atomic E-state index is 12.8. The summed E-state index contributed by atoms with van der Waals surface area (Å²) in [5.74, 6) is 0. The van der Waals surface area contributed by atoms with Crippen molar-refractivity contribution >= 4 is 11.4 Å². The molecule has 0 spiro atoms. The fourth-order valence-corrected chi connectivity index (χ4v) is 2.02. The number of ether oxygens (including phenoxy) is 1. The number of halogens is 3. The summed E-state index contributed by atoms with van der Waals surface area (Å²) in [6.07, 6.45) is -4.77. The van der Waals surface area contributed by atoms with Crippen LogP contribution in [-0.2, 0) is 10.9 Å². The second kappa shape index (κ2) is 6.27. The number of nitrogens with one attached hydrogen (secondary N) is 2. The molecule has 116 valence electrons. The van der Waals surface area contributed by atoms with Gasteiger partial charge in [-0.2, -0.15) is 13.2 Å². The van der Waals surface area contributed by atoms with Crippen molar-refractivity contribution in [2.75, 3.05) is 31.6 Å². The molecule has 6 nitrogen and oxygen atoms in total. The predicted octanol–water partition coefficient (Wildman–Crippen LogP) is 2.01. The Morgan fingerprint density at radius 2 is 2.24 bits per heavy atom. The zero-order valence-corrected chi connectivity index (χ0v) is 10.9. The molecule has 1 unspecified atom stereocenters. The maximum Gasteiger partial charge on any atom is 0.423 e. The third kappa shape index (κ3) is 4.05. The molecule has 1 aromatic rings.